The van der Waals surface area contributed by atoms with Gasteiger partial charge in [-0.15, -0.1) is 0 Å². The largest absolute Gasteiger partial charge is 0.480 e. The van der Waals surface area contributed by atoms with Crippen LogP contribution in [0.2, 0.25) is 0 Å². The third kappa shape index (κ3) is 2.77. The maximum atomic E-state index is 11.0. The molecule has 0 spiro atoms. The van der Waals surface area contributed by atoms with Crippen LogP contribution in [0, 0.1) is 21.4 Å². The standard InChI is InChI=1S/C11H10N4O4/c12-4-7-3-9(15(18)19)11(13-5-7)14(6-10(16)17)8-1-2-8/h3,5,8H,1-2,6H2,(H,16,17). The van der Waals surface area contributed by atoms with Crippen molar-refractivity contribution in [2.24, 2.45) is 0 Å². The van der Waals surface area contributed by atoms with Gasteiger partial charge in [-0.3, -0.25) is 14.9 Å². The van der Waals surface area contributed by atoms with E-state index < -0.39 is 10.9 Å². The average Bonchev–Trinajstić information content (AvgIpc) is 3.19. The van der Waals surface area contributed by atoms with Crippen molar-refractivity contribution < 1.29 is 14.8 Å². The van der Waals surface area contributed by atoms with Crippen molar-refractivity contribution in [3.8, 4) is 6.07 Å². The SMILES string of the molecule is N#Cc1cnc(N(CC(=O)O)C2CC2)c([N+](=O)[O-])c1. The Bertz CT molecular complexity index is 577. The molecule has 1 heterocycles. The molecule has 0 bridgehead atoms. The Morgan fingerprint density at radius 2 is 2.37 bits per heavy atom. The van der Waals surface area contributed by atoms with Gasteiger partial charge in [0.25, 0.3) is 0 Å². The van der Waals surface area contributed by atoms with E-state index in [0.717, 1.165) is 18.9 Å². The highest BCUT2D eigenvalue weighted by molar-refractivity contribution is 5.75. The van der Waals surface area contributed by atoms with E-state index in [2.05, 4.69) is 4.98 Å². The molecule has 2 rings (SSSR count). The van der Waals surface area contributed by atoms with Crippen LogP contribution in [0.3, 0.4) is 0 Å². The van der Waals surface area contributed by atoms with Gasteiger partial charge >= 0.3 is 11.7 Å². The third-order valence-corrected chi connectivity index (χ3v) is 2.74. The molecule has 1 N–H and O–H groups in total. The van der Waals surface area contributed by atoms with Crippen LogP contribution in [0.1, 0.15) is 18.4 Å². The first kappa shape index (κ1) is 12.8. The van der Waals surface area contributed by atoms with Crippen molar-refractivity contribution >= 4 is 17.5 Å². The van der Waals surface area contributed by atoms with Crippen molar-refractivity contribution in [1.82, 2.24) is 4.98 Å². The third-order valence-electron chi connectivity index (χ3n) is 2.74. The second-order valence-electron chi connectivity index (χ2n) is 4.19. The molecule has 1 aliphatic carbocycles. The van der Waals surface area contributed by atoms with Crippen LogP contribution in [-0.2, 0) is 4.79 Å². The molecule has 8 heteroatoms. The van der Waals surface area contributed by atoms with Gasteiger partial charge in [0.1, 0.15) is 12.6 Å². The second-order valence-corrected chi connectivity index (χ2v) is 4.19. The van der Waals surface area contributed by atoms with E-state index in [9.17, 15) is 14.9 Å². The van der Waals surface area contributed by atoms with Crippen LogP contribution >= 0.6 is 0 Å². The summed E-state index contributed by atoms with van der Waals surface area (Å²) in [5.74, 6) is -1.07. The number of carboxylic acids is 1. The maximum absolute atomic E-state index is 11.0. The summed E-state index contributed by atoms with van der Waals surface area (Å²) in [7, 11) is 0. The summed E-state index contributed by atoms with van der Waals surface area (Å²) in [4.78, 5) is 26.5. The first-order valence-electron chi connectivity index (χ1n) is 5.56. The highest BCUT2D eigenvalue weighted by Gasteiger charge is 2.35. The minimum atomic E-state index is -1.08. The monoisotopic (exact) mass is 262 g/mol. The Kier molecular flexibility index (Phi) is 3.29. The molecule has 0 amide bonds. The van der Waals surface area contributed by atoms with Crippen LogP contribution in [0.4, 0.5) is 11.5 Å². The smallest absolute Gasteiger partial charge is 0.323 e. The molecule has 0 saturated heterocycles. The molecule has 1 aromatic heterocycles. The summed E-state index contributed by atoms with van der Waals surface area (Å²) in [5.41, 5.74) is -0.270. The predicted octanol–water partition coefficient (Wildman–Crippen LogP) is 0.915. The molecular weight excluding hydrogens is 252 g/mol. The summed E-state index contributed by atoms with van der Waals surface area (Å²) in [5, 5.41) is 28.6. The number of aromatic nitrogens is 1. The Hall–Kier alpha value is -2.69. The molecule has 1 aliphatic rings. The minimum absolute atomic E-state index is 0.00824. The lowest BCUT2D eigenvalue weighted by Crippen LogP contribution is -2.33. The molecule has 0 aromatic carbocycles. The van der Waals surface area contributed by atoms with E-state index in [1.165, 1.54) is 11.1 Å². The quantitative estimate of drug-likeness (QED) is 0.618. The number of nitrogens with zero attached hydrogens (tertiary/aromatic N) is 4. The first-order valence-corrected chi connectivity index (χ1v) is 5.56. The van der Waals surface area contributed by atoms with Crippen LogP contribution in [0.15, 0.2) is 12.3 Å². The van der Waals surface area contributed by atoms with E-state index >= 15 is 0 Å². The minimum Gasteiger partial charge on any atom is -0.480 e. The van der Waals surface area contributed by atoms with Crippen LogP contribution < -0.4 is 4.90 Å². The van der Waals surface area contributed by atoms with Crippen molar-refractivity contribution in [3.63, 3.8) is 0 Å². The first-order chi connectivity index (χ1) is 9.02. The maximum Gasteiger partial charge on any atom is 0.323 e. The fourth-order valence-corrected chi connectivity index (χ4v) is 1.77. The van der Waals surface area contributed by atoms with Crippen LogP contribution in [0.25, 0.3) is 0 Å². The molecule has 8 nitrogen and oxygen atoms in total. The number of hydrogen-bond acceptors (Lipinski definition) is 6. The second kappa shape index (κ2) is 4.89. The molecular formula is C11H10N4O4. The Morgan fingerprint density at radius 3 is 2.84 bits per heavy atom. The van der Waals surface area contributed by atoms with Crippen molar-refractivity contribution in [2.45, 2.75) is 18.9 Å². The zero-order valence-corrected chi connectivity index (χ0v) is 9.81. The number of pyridine rings is 1. The van der Waals surface area contributed by atoms with E-state index in [0.29, 0.717) is 0 Å². The van der Waals surface area contributed by atoms with Gasteiger partial charge in [0.15, 0.2) is 0 Å². The van der Waals surface area contributed by atoms with Crippen LogP contribution in [0.5, 0.6) is 0 Å². The number of aliphatic carboxylic acids is 1. The van der Waals surface area contributed by atoms with Gasteiger partial charge < -0.3 is 10.0 Å². The van der Waals surface area contributed by atoms with Gasteiger partial charge in [-0.25, -0.2) is 4.98 Å². The number of rotatable bonds is 5. The lowest BCUT2D eigenvalue weighted by atomic mass is 10.2. The van der Waals surface area contributed by atoms with Gasteiger partial charge in [0, 0.05) is 18.3 Å². The number of anilines is 1. The number of hydrogen-bond donors (Lipinski definition) is 1. The summed E-state index contributed by atoms with van der Waals surface area (Å²) in [6, 6.07) is 2.85. The molecule has 98 valence electrons. The summed E-state index contributed by atoms with van der Waals surface area (Å²) < 4.78 is 0. The molecule has 0 radical (unpaired) electrons. The normalized spacial score (nSPS) is 13.6. The molecule has 1 saturated carbocycles. The van der Waals surface area contributed by atoms with Gasteiger partial charge in [-0.05, 0) is 12.8 Å². The van der Waals surface area contributed by atoms with Crippen molar-refractivity contribution in [1.29, 1.82) is 5.26 Å². The molecule has 0 atom stereocenters. The molecule has 0 aliphatic heterocycles. The van der Waals surface area contributed by atoms with E-state index in [4.69, 9.17) is 10.4 Å². The average molecular weight is 262 g/mol. The molecule has 0 unspecified atom stereocenters. The van der Waals surface area contributed by atoms with Crippen LogP contribution in [-0.4, -0.2) is 33.6 Å². The Balaban J connectivity index is 2.43. The topological polar surface area (TPSA) is 120 Å². The van der Waals surface area contributed by atoms with E-state index in [1.54, 1.807) is 6.07 Å². The van der Waals surface area contributed by atoms with Crippen molar-refractivity contribution in [3.05, 3.63) is 27.9 Å². The Morgan fingerprint density at radius 1 is 1.68 bits per heavy atom. The molecule has 1 aromatic rings. The number of nitriles is 1. The Labute approximate surface area is 108 Å². The van der Waals surface area contributed by atoms with Gasteiger partial charge in [0.2, 0.25) is 5.82 Å². The molecule has 19 heavy (non-hydrogen) atoms. The van der Waals surface area contributed by atoms with Gasteiger partial charge in [-0.2, -0.15) is 5.26 Å². The highest BCUT2D eigenvalue weighted by atomic mass is 16.6. The van der Waals surface area contributed by atoms with Crippen molar-refractivity contribution in [2.75, 3.05) is 11.4 Å². The highest BCUT2D eigenvalue weighted by Crippen LogP contribution is 2.35. The summed E-state index contributed by atoms with van der Waals surface area (Å²) >= 11 is 0. The number of carbonyl (C=O) groups is 1. The number of carboxylic acid groups (broad SMARTS) is 1. The van der Waals surface area contributed by atoms with Gasteiger partial charge in [0.05, 0.1) is 10.5 Å². The zero-order valence-electron chi connectivity index (χ0n) is 9.81. The number of nitro groups is 1. The van der Waals surface area contributed by atoms with Gasteiger partial charge in [-0.1, -0.05) is 0 Å². The lowest BCUT2D eigenvalue weighted by molar-refractivity contribution is -0.384. The van der Waals surface area contributed by atoms with E-state index in [1.807, 2.05) is 0 Å². The molecule has 1 fully saturated rings. The fraction of sp³-hybridized carbons (Fsp3) is 0.364. The predicted molar refractivity (Wildman–Crippen MR) is 63.6 cm³/mol. The zero-order chi connectivity index (χ0) is 14.0. The summed E-state index contributed by atoms with van der Waals surface area (Å²) in [6.07, 6.45) is 2.78. The fourth-order valence-electron chi connectivity index (χ4n) is 1.77. The summed E-state index contributed by atoms with van der Waals surface area (Å²) in [6.45, 7) is -0.343. The van der Waals surface area contributed by atoms with E-state index in [-0.39, 0.29) is 29.7 Å². The lowest BCUT2D eigenvalue weighted by Gasteiger charge is -2.20.